The molecule has 1 amide bonds. The SMILES string of the molecule is CC[C@]12CCCN3CC[C@@]4(c5cc(Br)ccc5N(C(=O)OC)[C@H]4[C@@H]([N+](=O)[O-])C1)[C@@H]32. The Bertz CT molecular complexity index is 895. The average molecular weight is 464 g/mol. The molecule has 5 atom stereocenters. The molecule has 3 fully saturated rings. The topological polar surface area (TPSA) is 75.9 Å². The maximum absolute atomic E-state index is 12.9. The van der Waals surface area contributed by atoms with Crippen LogP contribution in [0.3, 0.4) is 0 Å². The fraction of sp³-hybridized carbons (Fsp3) is 0.667. The van der Waals surface area contributed by atoms with Gasteiger partial charge in [0.05, 0.1) is 12.8 Å². The van der Waals surface area contributed by atoms with Crippen molar-refractivity contribution in [2.24, 2.45) is 5.41 Å². The Morgan fingerprint density at radius 3 is 2.86 bits per heavy atom. The van der Waals surface area contributed by atoms with Crippen LogP contribution < -0.4 is 4.90 Å². The van der Waals surface area contributed by atoms with Crippen molar-refractivity contribution in [3.63, 3.8) is 0 Å². The van der Waals surface area contributed by atoms with E-state index in [2.05, 4.69) is 33.8 Å². The number of nitro groups is 1. The van der Waals surface area contributed by atoms with Gasteiger partial charge in [-0.25, -0.2) is 4.79 Å². The quantitative estimate of drug-likeness (QED) is 0.490. The summed E-state index contributed by atoms with van der Waals surface area (Å²) in [6.45, 7) is 4.14. The maximum Gasteiger partial charge on any atom is 0.414 e. The van der Waals surface area contributed by atoms with E-state index in [0.717, 1.165) is 54.5 Å². The van der Waals surface area contributed by atoms with Crippen LogP contribution in [0.1, 0.15) is 44.6 Å². The Balaban J connectivity index is 1.81. The molecule has 2 saturated heterocycles. The number of halogens is 1. The van der Waals surface area contributed by atoms with Gasteiger partial charge in [0, 0.05) is 27.3 Å². The minimum atomic E-state index is -0.797. The van der Waals surface area contributed by atoms with Gasteiger partial charge < -0.3 is 4.74 Å². The number of anilines is 1. The number of hydrogen-bond acceptors (Lipinski definition) is 5. The number of rotatable bonds is 2. The van der Waals surface area contributed by atoms with E-state index in [1.807, 2.05) is 12.1 Å². The lowest BCUT2D eigenvalue weighted by molar-refractivity contribution is -0.536. The fourth-order valence-electron chi connectivity index (χ4n) is 7.36. The summed E-state index contributed by atoms with van der Waals surface area (Å²) in [5, 5.41) is 12.4. The average Bonchev–Trinajstić information content (AvgIpc) is 3.25. The van der Waals surface area contributed by atoms with Gasteiger partial charge in [0.2, 0.25) is 6.04 Å². The van der Waals surface area contributed by atoms with E-state index in [1.165, 1.54) is 7.11 Å². The van der Waals surface area contributed by atoms with E-state index < -0.39 is 23.6 Å². The minimum absolute atomic E-state index is 0.0886. The van der Waals surface area contributed by atoms with E-state index in [1.54, 1.807) is 4.90 Å². The second-order valence-electron chi connectivity index (χ2n) is 9.05. The van der Waals surface area contributed by atoms with Crippen molar-refractivity contribution in [3.05, 3.63) is 38.3 Å². The van der Waals surface area contributed by atoms with Crippen LogP contribution >= 0.6 is 15.9 Å². The molecule has 1 aromatic carbocycles. The zero-order valence-electron chi connectivity index (χ0n) is 16.8. The summed E-state index contributed by atoms with van der Waals surface area (Å²) in [4.78, 5) is 29.3. The molecule has 8 heteroatoms. The first-order valence-electron chi connectivity index (χ1n) is 10.4. The fourth-order valence-corrected chi connectivity index (χ4v) is 7.72. The van der Waals surface area contributed by atoms with Gasteiger partial charge in [0.1, 0.15) is 6.04 Å². The second-order valence-corrected chi connectivity index (χ2v) is 9.97. The number of fused-ring (bicyclic) bond motifs is 1. The first kappa shape index (κ1) is 19.3. The Hall–Kier alpha value is -1.67. The standard InChI is InChI=1S/C21H26BrN3O4/c1-3-20-7-4-9-23-10-8-21(18(20)23)14-11-13(22)5-6-15(14)24(19(26)29-2)17(21)16(12-20)25(27)28/h5-6,11,16-18H,3-4,7-10,12H2,1-2H3/t16-,17-,18-,20-,21-/m0/s1. The van der Waals surface area contributed by atoms with Crippen molar-refractivity contribution in [1.82, 2.24) is 4.90 Å². The molecule has 1 saturated carbocycles. The Labute approximate surface area is 178 Å². The van der Waals surface area contributed by atoms with Gasteiger partial charge in [-0.05, 0) is 68.0 Å². The summed E-state index contributed by atoms with van der Waals surface area (Å²) in [5.74, 6) is 0. The number of nitrogens with zero attached hydrogens (tertiary/aromatic N) is 3. The molecule has 0 aromatic heterocycles. The third-order valence-electron chi connectivity index (χ3n) is 8.22. The molecule has 7 nitrogen and oxygen atoms in total. The lowest BCUT2D eigenvalue weighted by Gasteiger charge is -2.58. The smallest absolute Gasteiger partial charge is 0.414 e. The van der Waals surface area contributed by atoms with Gasteiger partial charge in [-0.15, -0.1) is 0 Å². The number of methoxy groups -OCH3 is 1. The lowest BCUT2D eigenvalue weighted by Crippen LogP contribution is -2.70. The zero-order valence-corrected chi connectivity index (χ0v) is 18.4. The lowest BCUT2D eigenvalue weighted by atomic mass is 9.51. The molecule has 0 N–H and O–H groups in total. The molecule has 0 unspecified atom stereocenters. The number of piperidine rings is 1. The summed E-state index contributed by atoms with van der Waals surface area (Å²) in [7, 11) is 1.35. The monoisotopic (exact) mass is 463 g/mol. The number of carbonyl (C=O) groups excluding carboxylic acids is 1. The highest BCUT2D eigenvalue weighted by Gasteiger charge is 2.74. The van der Waals surface area contributed by atoms with Crippen molar-refractivity contribution in [3.8, 4) is 0 Å². The van der Waals surface area contributed by atoms with Gasteiger partial charge in [-0.1, -0.05) is 22.9 Å². The van der Waals surface area contributed by atoms with Crippen molar-refractivity contribution < 1.29 is 14.5 Å². The van der Waals surface area contributed by atoms with Gasteiger partial charge in [-0.3, -0.25) is 19.9 Å². The molecule has 5 rings (SSSR count). The third-order valence-corrected chi connectivity index (χ3v) is 8.71. The largest absolute Gasteiger partial charge is 0.452 e. The Morgan fingerprint density at radius 2 is 2.17 bits per heavy atom. The van der Waals surface area contributed by atoms with Gasteiger partial charge in [0.15, 0.2) is 0 Å². The molecule has 4 aliphatic rings. The van der Waals surface area contributed by atoms with E-state index in [4.69, 9.17) is 4.74 Å². The molecule has 0 radical (unpaired) electrons. The highest BCUT2D eigenvalue weighted by Crippen LogP contribution is 2.66. The van der Waals surface area contributed by atoms with Gasteiger partial charge in [-0.2, -0.15) is 0 Å². The predicted molar refractivity (Wildman–Crippen MR) is 112 cm³/mol. The molecule has 3 aliphatic heterocycles. The number of amides is 1. The molecule has 1 aliphatic carbocycles. The summed E-state index contributed by atoms with van der Waals surface area (Å²) in [5.41, 5.74) is 1.33. The van der Waals surface area contributed by atoms with Crippen LogP contribution in [0.4, 0.5) is 10.5 Å². The van der Waals surface area contributed by atoms with Gasteiger partial charge >= 0.3 is 6.09 Å². The Kier molecular flexibility index (Phi) is 4.27. The van der Waals surface area contributed by atoms with Crippen LogP contribution in [0.5, 0.6) is 0 Å². The second kappa shape index (κ2) is 6.41. The minimum Gasteiger partial charge on any atom is -0.452 e. The van der Waals surface area contributed by atoms with Crippen LogP contribution in [0.25, 0.3) is 0 Å². The van der Waals surface area contributed by atoms with E-state index >= 15 is 0 Å². The predicted octanol–water partition coefficient (Wildman–Crippen LogP) is 3.96. The summed E-state index contributed by atoms with van der Waals surface area (Å²) in [6, 6.07) is 4.82. The molecule has 0 bridgehead atoms. The molecule has 156 valence electrons. The molecule has 1 spiro atoms. The number of hydrogen-bond donors (Lipinski definition) is 0. The first-order valence-corrected chi connectivity index (χ1v) is 11.2. The Morgan fingerprint density at radius 1 is 1.38 bits per heavy atom. The molecule has 3 heterocycles. The molecular weight excluding hydrogens is 438 g/mol. The molecule has 29 heavy (non-hydrogen) atoms. The number of benzene rings is 1. The highest BCUT2D eigenvalue weighted by molar-refractivity contribution is 9.10. The van der Waals surface area contributed by atoms with Crippen molar-refractivity contribution >= 4 is 27.7 Å². The molecule has 1 aromatic rings. The number of ether oxygens (including phenoxy) is 1. The van der Waals surface area contributed by atoms with Crippen LogP contribution in [0.2, 0.25) is 0 Å². The van der Waals surface area contributed by atoms with Crippen LogP contribution in [-0.2, 0) is 10.2 Å². The van der Waals surface area contributed by atoms with Crippen molar-refractivity contribution in [2.45, 2.75) is 62.6 Å². The first-order chi connectivity index (χ1) is 13.9. The van der Waals surface area contributed by atoms with E-state index in [0.29, 0.717) is 6.42 Å². The summed E-state index contributed by atoms with van der Waals surface area (Å²) < 4.78 is 6.07. The van der Waals surface area contributed by atoms with Crippen molar-refractivity contribution in [2.75, 3.05) is 25.1 Å². The zero-order chi connectivity index (χ0) is 20.6. The van der Waals surface area contributed by atoms with Crippen LogP contribution in [-0.4, -0.2) is 54.2 Å². The van der Waals surface area contributed by atoms with Gasteiger partial charge in [0.25, 0.3) is 0 Å². The van der Waals surface area contributed by atoms with E-state index in [9.17, 15) is 14.9 Å². The summed E-state index contributed by atoms with van der Waals surface area (Å²) in [6.07, 6.45) is 3.89. The number of carbonyl (C=O) groups is 1. The van der Waals surface area contributed by atoms with E-state index in [-0.39, 0.29) is 16.4 Å². The highest BCUT2D eigenvalue weighted by atomic mass is 79.9. The van der Waals surface area contributed by atoms with Crippen LogP contribution in [0, 0.1) is 15.5 Å². The summed E-state index contributed by atoms with van der Waals surface area (Å²) >= 11 is 3.60. The maximum atomic E-state index is 12.9. The van der Waals surface area contributed by atoms with Crippen molar-refractivity contribution in [1.29, 1.82) is 0 Å². The van der Waals surface area contributed by atoms with Crippen LogP contribution in [0.15, 0.2) is 22.7 Å². The molecular formula is C21H26BrN3O4. The third kappa shape index (κ3) is 2.30. The normalized spacial score (nSPS) is 37.6.